The van der Waals surface area contributed by atoms with Gasteiger partial charge in [0.1, 0.15) is 24.4 Å². The predicted octanol–water partition coefficient (Wildman–Crippen LogP) is -0.524. The number of aliphatic hydroxyl groups excluding tert-OH is 4. The molecular formula is C17H22O8. The van der Waals surface area contributed by atoms with Crippen LogP contribution in [0.2, 0.25) is 0 Å². The molecule has 1 aromatic carbocycles. The van der Waals surface area contributed by atoms with Crippen LogP contribution in [0.1, 0.15) is 12.0 Å². The van der Waals surface area contributed by atoms with Crippen LogP contribution in [0.4, 0.5) is 0 Å². The van der Waals surface area contributed by atoms with E-state index in [-0.39, 0.29) is 6.42 Å². The van der Waals surface area contributed by atoms with Gasteiger partial charge in [-0.2, -0.15) is 0 Å². The Kier molecular flexibility index (Phi) is 6.38. The second-order valence-electron chi connectivity index (χ2n) is 5.70. The van der Waals surface area contributed by atoms with Gasteiger partial charge in [0.25, 0.3) is 0 Å². The molecule has 0 heterocycles. The van der Waals surface area contributed by atoms with Crippen LogP contribution in [0, 0.1) is 0 Å². The van der Waals surface area contributed by atoms with E-state index in [2.05, 4.69) is 0 Å². The van der Waals surface area contributed by atoms with Crippen molar-refractivity contribution in [1.82, 2.24) is 0 Å². The van der Waals surface area contributed by atoms with Crippen LogP contribution in [0.15, 0.2) is 24.3 Å². The molecule has 0 spiro atoms. The summed E-state index contributed by atoms with van der Waals surface area (Å²) < 4.78 is 15.3. The van der Waals surface area contributed by atoms with Gasteiger partial charge in [-0.1, -0.05) is 6.07 Å². The first-order chi connectivity index (χ1) is 11.9. The molecule has 8 heteroatoms. The molecule has 25 heavy (non-hydrogen) atoms. The molecule has 1 fully saturated rings. The highest BCUT2D eigenvalue weighted by atomic mass is 16.6. The van der Waals surface area contributed by atoms with Crippen molar-refractivity contribution in [3.8, 4) is 11.5 Å². The Hall–Kier alpha value is -2.13. The molecular weight excluding hydrogens is 332 g/mol. The maximum absolute atomic E-state index is 11.9. The number of carbonyl (C=O) groups excluding carboxylic acids is 1. The molecule has 1 aliphatic rings. The lowest BCUT2D eigenvalue weighted by molar-refractivity contribution is -0.193. The molecule has 0 amide bonds. The molecule has 138 valence electrons. The molecule has 0 bridgehead atoms. The van der Waals surface area contributed by atoms with Crippen LogP contribution in [-0.4, -0.2) is 71.1 Å². The lowest BCUT2D eigenvalue weighted by Gasteiger charge is -2.37. The van der Waals surface area contributed by atoms with E-state index in [0.717, 1.165) is 6.08 Å². The average Bonchev–Trinajstić information content (AvgIpc) is 2.62. The quantitative estimate of drug-likeness (QED) is 0.411. The number of methoxy groups -OCH3 is 2. The van der Waals surface area contributed by atoms with Crippen molar-refractivity contribution in [1.29, 1.82) is 0 Å². The third-order valence-corrected chi connectivity index (χ3v) is 4.04. The molecule has 1 saturated carbocycles. The van der Waals surface area contributed by atoms with Crippen molar-refractivity contribution in [2.45, 2.75) is 36.9 Å². The topological polar surface area (TPSA) is 126 Å². The molecule has 1 aromatic rings. The lowest BCUT2D eigenvalue weighted by atomic mass is 9.87. The van der Waals surface area contributed by atoms with Gasteiger partial charge < -0.3 is 34.6 Å². The molecule has 5 atom stereocenters. The number of ether oxygens (including phenoxy) is 3. The Bertz CT molecular complexity index is 629. The van der Waals surface area contributed by atoms with Crippen LogP contribution in [0.5, 0.6) is 11.5 Å². The minimum Gasteiger partial charge on any atom is -0.493 e. The Balaban J connectivity index is 2.01. The molecule has 4 N–H and O–H groups in total. The minimum atomic E-state index is -1.59. The SMILES string of the molecule is COc1ccc(/C=C/C(=O)O[C@H]2C[C@@H](O)[C@H](O)[C@@H](O)[C@H]2O)cc1OC. The summed E-state index contributed by atoms with van der Waals surface area (Å²) in [4.78, 5) is 11.9. The Labute approximate surface area is 144 Å². The predicted molar refractivity (Wildman–Crippen MR) is 87.1 cm³/mol. The average molecular weight is 354 g/mol. The Morgan fingerprint density at radius 2 is 1.72 bits per heavy atom. The van der Waals surface area contributed by atoms with Gasteiger partial charge in [0.15, 0.2) is 11.5 Å². The first-order valence-corrected chi connectivity index (χ1v) is 7.70. The fourth-order valence-corrected chi connectivity index (χ4v) is 2.59. The van der Waals surface area contributed by atoms with E-state index in [4.69, 9.17) is 14.2 Å². The van der Waals surface area contributed by atoms with Crippen LogP contribution >= 0.6 is 0 Å². The smallest absolute Gasteiger partial charge is 0.331 e. The normalized spacial score (nSPS) is 29.4. The van der Waals surface area contributed by atoms with Gasteiger partial charge in [-0.3, -0.25) is 0 Å². The zero-order chi connectivity index (χ0) is 18.6. The van der Waals surface area contributed by atoms with Crippen molar-refractivity contribution < 1.29 is 39.4 Å². The van der Waals surface area contributed by atoms with Crippen molar-refractivity contribution in [2.24, 2.45) is 0 Å². The van der Waals surface area contributed by atoms with Crippen LogP contribution < -0.4 is 9.47 Å². The summed E-state index contributed by atoms with van der Waals surface area (Å²) in [6, 6.07) is 5.06. The highest BCUT2D eigenvalue weighted by Gasteiger charge is 2.43. The molecule has 0 radical (unpaired) electrons. The summed E-state index contributed by atoms with van der Waals surface area (Å²) in [6.07, 6.45) is -4.48. The van der Waals surface area contributed by atoms with Crippen molar-refractivity contribution >= 4 is 12.0 Å². The first kappa shape index (κ1) is 19.2. The molecule has 0 aliphatic heterocycles. The summed E-state index contributed by atoms with van der Waals surface area (Å²) in [6.45, 7) is 0. The molecule has 0 saturated heterocycles. The molecule has 1 aliphatic carbocycles. The lowest BCUT2D eigenvalue weighted by Crippen LogP contribution is -2.56. The van der Waals surface area contributed by atoms with Crippen molar-refractivity contribution in [2.75, 3.05) is 14.2 Å². The molecule has 2 rings (SSSR count). The monoisotopic (exact) mass is 354 g/mol. The number of hydrogen-bond acceptors (Lipinski definition) is 8. The van der Waals surface area contributed by atoms with Crippen LogP contribution in [0.25, 0.3) is 6.08 Å². The fraction of sp³-hybridized carbons (Fsp3) is 0.471. The van der Waals surface area contributed by atoms with Crippen LogP contribution in [0.3, 0.4) is 0 Å². The van der Waals surface area contributed by atoms with E-state index in [1.54, 1.807) is 18.2 Å². The summed E-state index contributed by atoms with van der Waals surface area (Å²) in [5.74, 6) is 0.296. The number of hydrogen-bond donors (Lipinski definition) is 4. The van der Waals surface area contributed by atoms with E-state index in [0.29, 0.717) is 17.1 Å². The number of carbonyl (C=O) groups is 1. The maximum Gasteiger partial charge on any atom is 0.331 e. The van der Waals surface area contributed by atoms with E-state index >= 15 is 0 Å². The third kappa shape index (κ3) is 4.49. The highest BCUT2D eigenvalue weighted by molar-refractivity contribution is 5.87. The molecule has 8 nitrogen and oxygen atoms in total. The second-order valence-corrected chi connectivity index (χ2v) is 5.70. The summed E-state index contributed by atoms with van der Waals surface area (Å²) >= 11 is 0. The molecule has 0 unspecified atom stereocenters. The maximum atomic E-state index is 11.9. The number of rotatable bonds is 5. The van der Waals surface area contributed by atoms with E-state index in [1.165, 1.54) is 20.3 Å². The summed E-state index contributed by atoms with van der Waals surface area (Å²) in [5.41, 5.74) is 0.661. The standard InChI is InChI=1S/C17H22O8/c1-23-11-5-3-9(7-12(11)24-2)4-6-14(19)25-13-8-10(18)15(20)17(22)16(13)21/h3-7,10,13,15-18,20-22H,8H2,1-2H3/b6-4+/t10-,13+,15+,16+,17-/m1/s1. The Morgan fingerprint density at radius 1 is 1.04 bits per heavy atom. The fourth-order valence-electron chi connectivity index (χ4n) is 2.59. The van der Waals surface area contributed by atoms with E-state index in [9.17, 15) is 25.2 Å². The van der Waals surface area contributed by atoms with Crippen molar-refractivity contribution in [3.05, 3.63) is 29.8 Å². The zero-order valence-corrected chi connectivity index (χ0v) is 13.9. The van der Waals surface area contributed by atoms with Crippen molar-refractivity contribution in [3.63, 3.8) is 0 Å². The Morgan fingerprint density at radius 3 is 2.36 bits per heavy atom. The molecule has 0 aromatic heterocycles. The third-order valence-electron chi connectivity index (χ3n) is 4.04. The van der Waals surface area contributed by atoms with Gasteiger partial charge >= 0.3 is 5.97 Å². The van der Waals surface area contributed by atoms with E-state index in [1.807, 2.05) is 0 Å². The summed E-state index contributed by atoms with van der Waals surface area (Å²) in [5, 5.41) is 38.5. The largest absolute Gasteiger partial charge is 0.493 e. The van der Waals surface area contributed by atoms with Crippen LogP contribution in [-0.2, 0) is 9.53 Å². The second kappa shape index (κ2) is 8.30. The van der Waals surface area contributed by atoms with Gasteiger partial charge in [-0.25, -0.2) is 4.79 Å². The van der Waals surface area contributed by atoms with Gasteiger partial charge in [0, 0.05) is 12.5 Å². The number of esters is 1. The summed E-state index contributed by atoms with van der Waals surface area (Å²) in [7, 11) is 3.01. The minimum absolute atomic E-state index is 0.171. The number of aliphatic hydroxyl groups is 4. The number of benzene rings is 1. The van der Waals surface area contributed by atoms with Gasteiger partial charge in [0.05, 0.1) is 20.3 Å². The van der Waals surface area contributed by atoms with Gasteiger partial charge in [-0.15, -0.1) is 0 Å². The van der Waals surface area contributed by atoms with Gasteiger partial charge in [-0.05, 0) is 23.8 Å². The van der Waals surface area contributed by atoms with E-state index < -0.39 is 36.5 Å². The highest BCUT2D eigenvalue weighted by Crippen LogP contribution is 2.28. The van der Waals surface area contributed by atoms with Gasteiger partial charge in [0.2, 0.25) is 0 Å². The zero-order valence-electron chi connectivity index (χ0n) is 13.9. The first-order valence-electron chi connectivity index (χ1n) is 7.70.